The molecule has 4 aromatic rings. The highest BCUT2D eigenvalue weighted by molar-refractivity contribution is 6.31. The summed E-state index contributed by atoms with van der Waals surface area (Å²) >= 11 is 6.17. The van der Waals surface area contributed by atoms with Gasteiger partial charge in [-0.2, -0.15) is 5.10 Å². The molecule has 0 bridgehead atoms. The third-order valence-electron chi connectivity index (χ3n) is 4.62. The Kier molecular flexibility index (Phi) is 6.06. The fourth-order valence-electron chi connectivity index (χ4n) is 3.11. The van der Waals surface area contributed by atoms with E-state index in [0.29, 0.717) is 22.9 Å². The first-order valence-electron chi connectivity index (χ1n) is 9.48. The van der Waals surface area contributed by atoms with E-state index in [0.717, 1.165) is 21.9 Å². The highest BCUT2D eigenvalue weighted by atomic mass is 35.5. The third-order valence-corrected chi connectivity index (χ3v) is 4.99. The molecule has 30 heavy (non-hydrogen) atoms. The quantitative estimate of drug-likeness (QED) is 0.318. The molecule has 0 saturated carbocycles. The van der Waals surface area contributed by atoms with Crippen molar-refractivity contribution in [3.05, 3.63) is 113 Å². The minimum absolute atomic E-state index is 0.255. The minimum atomic E-state index is -0.255. The second-order valence-corrected chi connectivity index (χ2v) is 7.09. The summed E-state index contributed by atoms with van der Waals surface area (Å²) in [7, 11) is 0. The second kappa shape index (κ2) is 9.25. The SMILES string of the molecule is O=C(N/N=C\c1cccc(OCc2ccccc2Cl)c1)c1cccc2ccccc12. The molecule has 0 aliphatic carbocycles. The lowest BCUT2D eigenvalue weighted by Crippen LogP contribution is -2.17. The number of hydrogen-bond donors (Lipinski definition) is 1. The number of carbonyl (C=O) groups excluding carboxylic acids is 1. The zero-order valence-electron chi connectivity index (χ0n) is 16.1. The van der Waals surface area contributed by atoms with Crippen LogP contribution in [0.5, 0.6) is 5.75 Å². The monoisotopic (exact) mass is 414 g/mol. The molecule has 0 saturated heterocycles. The summed E-state index contributed by atoms with van der Waals surface area (Å²) in [6.07, 6.45) is 1.59. The zero-order chi connectivity index (χ0) is 20.8. The summed E-state index contributed by atoms with van der Waals surface area (Å²) in [5.41, 5.74) is 4.91. The number of nitrogens with one attached hydrogen (secondary N) is 1. The van der Waals surface area contributed by atoms with Crippen LogP contribution in [0.15, 0.2) is 96.1 Å². The molecule has 0 radical (unpaired) electrons. The van der Waals surface area contributed by atoms with Gasteiger partial charge in [-0.05, 0) is 40.6 Å². The van der Waals surface area contributed by atoms with Gasteiger partial charge in [0.15, 0.2) is 0 Å². The fraction of sp³-hybridized carbons (Fsp3) is 0.0400. The van der Waals surface area contributed by atoms with Gasteiger partial charge in [0.2, 0.25) is 0 Å². The Balaban J connectivity index is 1.41. The molecule has 5 heteroatoms. The Bertz CT molecular complexity index is 1220. The number of fused-ring (bicyclic) bond motifs is 1. The molecule has 0 atom stereocenters. The van der Waals surface area contributed by atoms with Crippen LogP contribution in [-0.4, -0.2) is 12.1 Å². The van der Waals surface area contributed by atoms with Crippen LogP contribution >= 0.6 is 11.6 Å². The van der Waals surface area contributed by atoms with Crippen LogP contribution in [0.3, 0.4) is 0 Å². The van der Waals surface area contributed by atoms with Crippen LogP contribution in [0.25, 0.3) is 10.8 Å². The molecule has 4 aromatic carbocycles. The smallest absolute Gasteiger partial charge is 0.271 e. The van der Waals surface area contributed by atoms with Crippen molar-refractivity contribution in [2.45, 2.75) is 6.61 Å². The Hall–Kier alpha value is -3.63. The van der Waals surface area contributed by atoms with E-state index in [1.54, 1.807) is 12.3 Å². The third kappa shape index (κ3) is 4.67. The lowest BCUT2D eigenvalue weighted by atomic mass is 10.0. The lowest BCUT2D eigenvalue weighted by molar-refractivity contribution is 0.0957. The molecule has 0 spiro atoms. The van der Waals surface area contributed by atoms with Gasteiger partial charge < -0.3 is 4.74 Å². The largest absolute Gasteiger partial charge is 0.489 e. The molecule has 0 aliphatic heterocycles. The Morgan fingerprint density at radius 1 is 0.933 bits per heavy atom. The Labute approximate surface area is 179 Å². The molecule has 1 amide bonds. The Morgan fingerprint density at radius 2 is 1.70 bits per heavy atom. The highest BCUT2D eigenvalue weighted by Crippen LogP contribution is 2.20. The second-order valence-electron chi connectivity index (χ2n) is 6.68. The van der Waals surface area contributed by atoms with E-state index in [2.05, 4.69) is 10.5 Å². The van der Waals surface area contributed by atoms with Crippen molar-refractivity contribution in [1.82, 2.24) is 5.43 Å². The molecule has 0 unspecified atom stereocenters. The van der Waals surface area contributed by atoms with Crippen LogP contribution in [-0.2, 0) is 6.61 Å². The van der Waals surface area contributed by atoms with Crippen LogP contribution in [0, 0.1) is 0 Å². The van der Waals surface area contributed by atoms with Crippen LogP contribution in [0.1, 0.15) is 21.5 Å². The van der Waals surface area contributed by atoms with Gasteiger partial charge >= 0.3 is 0 Å². The van der Waals surface area contributed by atoms with Gasteiger partial charge in [-0.3, -0.25) is 4.79 Å². The van der Waals surface area contributed by atoms with Gasteiger partial charge in [0.25, 0.3) is 5.91 Å². The minimum Gasteiger partial charge on any atom is -0.489 e. The summed E-state index contributed by atoms with van der Waals surface area (Å²) in [6, 6.07) is 28.4. The van der Waals surface area contributed by atoms with E-state index in [4.69, 9.17) is 16.3 Å². The number of rotatable bonds is 6. The number of nitrogens with zero attached hydrogens (tertiary/aromatic N) is 1. The molecule has 0 aliphatic rings. The van der Waals surface area contributed by atoms with E-state index in [9.17, 15) is 4.79 Å². The summed E-state index contributed by atoms with van der Waals surface area (Å²) in [6.45, 7) is 0.373. The van der Waals surface area contributed by atoms with Gasteiger partial charge in [-0.25, -0.2) is 5.43 Å². The molecule has 0 heterocycles. The van der Waals surface area contributed by atoms with Crippen molar-refractivity contribution in [1.29, 1.82) is 0 Å². The summed E-state index contributed by atoms with van der Waals surface area (Å²) in [5, 5.41) is 6.67. The molecular formula is C25H19ClN2O2. The maximum Gasteiger partial charge on any atom is 0.271 e. The number of ether oxygens (including phenoxy) is 1. The van der Waals surface area contributed by atoms with Crippen LogP contribution < -0.4 is 10.2 Å². The first-order valence-corrected chi connectivity index (χ1v) is 9.86. The van der Waals surface area contributed by atoms with E-state index in [1.165, 1.54) is 0 Å². The van der Waals surface area contributed by atoms with Gasteiger partial charge in [0, 0.05) is 16.1 Å². The van der Waals surface area contributed by atoms with Gasteiger partial charge in [0.05, 0.1) is 6.21 Å². The maximum absolute atomic E-state index is 12.5. The van der Waals surface area contributed by atoms with E-state index in [1.807, 2.05) is 84.9 Å². The van der Waals surface area contributed by atoms with Crippen molar-refractivity contribution < 1.29 is 9.53 Å². The summed E-state index contributed by atoms with van der Waals surface area (Å²) in [5.74, 6) is 0.438. The molecule has 0 fully saturated rings. The number of hydrogen-bond acceptors (Lipinski definition) is 3. The number of benzene rings is 4. The lowest BCUT2D eigenvalue weighted by Gasteiger charge is -2.08. The first-order chi connectivity index (χ1) is 14.7. The van der Waals surface area contributed by atoms with Crippen molar-refractivity contribution in [3.8, 4) is 5.75 Å². The summed E-state index contributed by atoms with van der Waals surface area (Å²) < 4.78 is 5.83. The molecule has 1 N–H and O–H groups in total. The Morgan fingerprint density at radius 3 is 2.60 bits per heavy atom. The van der Waals surface area contributed by atoms with Crippen LogP contribution in [0.2, 0.25) is 5.02 Å². The van der Waals surface area contributed by atoms with Gasteiger partial charge in [-0.15, -0.1) is 0 Å². The van der Waals surface area contributed by atoms with E-state index in [-0.39, 0.29) is 5.91 Å². The number of halogens is 1. The zero-order valence-corrected chi connectivity index (χ0v) is 16.8. The normalized spacial score (nSPS) is 11.0. The van der Waals surface area contributed by atoms with Crippen LogP contribution in [0.4, 0.5) is 0 Å². The van der Waals surface area contributed by atoms with Gasteiger partial charge in [-0.1, -0.05) is 78.3 Å². The maximum atomic E-state index is 12.5. The predicted molar refractivity (Wildman–Crippen MR) is 121 cm³/mol. The number of carbonyl (C=O) groups is 1. The van der Waals surface area contributed by atoms with E-state index >= 15 is 0 Å². The summed E-state index contributed by atoms with van der Waals surface area (Å²) in [4.78, 5) is 12.5. The van der Waals surface area contributed by atoms with Crippen molar-refractivity contribution in [3.63, 3.8) is 0 Å². The highest BCUT2D eigenvalue weighted by Gasteiger charge is 2.08. The fourth-order valence-corrected chi connectivity index (χ4v) is 3.30. The molecule has 4 nitrogen and oxygen atoms in total. The molecule has 0 aromatic heterocycles. The molecular weight excluding hydrogens is 396 g/mol. The predicted octanol–water partition coefficient (Wildman–Crippen LogP) is 5.84. The molecule has 148 valence electrons. The number of amides is 1. The first kappa shape index (κ1) is 19.7. The number of hydrazone groups is 1. The molecule has 4 rings (SSSR count). The van der Waals surface area contributed by atoms with Crippen molar-refractivity contribution >= 4 is 34.5 Å². The average Bonchev–Trinajstić information content (AvgIpc) is 2.78. The topological polar surface area (TPSA) is 50.7 Å². The van der Waals surface area contributed by atoms with Gasteiger partial charge in [0.1, 0.15) is 12.4 Å². The van der Waals surface area contributed by atoms with Crippen molar-refractivity contribution in [2.75, 3.05) is 0 Å². The average molecular weight is 415 g/mol. The standard InChI is InChI=1S/C25H19ClN2O2/c26-24-14-4-2-9-20(24)17-30-21-11-5-7-18(15-21)16-27-28-25(29)23-13-6-10-19-8-1-3-12-22(19)23/h1-16H,17H2,(H,28,29)/b27-16-. The van der Waals surface area contributed by atoms with Crippen molar-refractivity contribution in [2.24, 2.45) is 5.10 Å². The van der Waals surface area contributed by atoms with E-state index < -0.39 is 0 Å².